The van der Waals surface area contributed by atoms with Gasteiger partial charge in [0.1, 0.15) is 5.75 Å². The molecule has 168 valence electrons. The summed E-state index contributed by atoms with van der Waals surface area (Å²) in [4.78, 5) is 31.2. The Balaban J connectivity index is 1.74. The van der Waals surface area contributed by atoms with Gasteiger partial charge in [-0.1, -0.05) is 36.0 Å². The number of hydrogen-bond donors (Lipinski definition) is 0. The Morgan fingerprint density at radius 2 is 1.94 bits per heavy atom. The largest absolute Gasteiger partial charge is 0.497 e. The number of nitrogens with zero attached hydrogens (tertiary/aromatic N) is 3. The fourth-order valence-corrected chi connectivity index (χ4v) is 4.78. The molecule has 4 rings (SSSR count). The van der Waals surface area contributed by atoms with Crippen molar-refractivity contribution in [2.45, 2.75) is 25.5 Å². The smallest absolute Gasteiger partial charge is 0.266 e. The summed E-state index contributed by atoms with van der Waals surface area (Å²) in [5.41, 5.74) is 3.65. The molecule has 2 heterocycles. The van der Waals surface area contributed by atoms with Gasteiger partial charge in [-0.25, -0.2) is 4.98 Å². The molecule has 0 aliphatic rings. The quantitative estimate of drug-likeness (QED) is 0.161. The number of thioether (sulfide) groups is 1. The van der Waals surface area contributed by atoms with Crippen molar-refractivity contribution in [3.63, 3.8) is 0 Å². The maximum absolute atomic E-state index is 13.4. The molecular weight excluding hydrogens is 434 g/mol. The number of carbonyl (C=O) groups is 1. The molecule has 0 atom stereocenters. The summed E-state index contributed by atoms with van der Waals surface area (Å²) in [5.74, 6) is 0.782. The van der Waals surface area contributed by atoms with Crippen LogP contribution in [-0.4, -0.2) is 32.8 Å². The third-order valence-corrected chi connectivity index (χ3v) is 6.51. The standard InChI is InChI=1S/C26H25N3O3S/c1-5-13-28-17(2)14-22(18(28)3)24(30)16-33-26-27-23-12-7-6-11-21(23)25(31)29(26)19-9-8-10-20(15-19)32-4/h5-12,14-15H,1,13,16H2,2-4H3. The van der Waals surface area contributed by atoms with Gasteiger partial charge in [-0.2, -0.15) is 0 Å². The SMILES string of the molecule is C=CCn1c(C)cc(C(=O)CSc2nc3ccccc3c(=O)n2-c2cccc(OC)c2)c1C. The number of hydrogen-bond acceptors (Lipinski definition) is 5. The summed E-state index contributed by atoms with van der Waals surface area (Å²) < 4.78 is 8.95. The van der Waals surface area contributed by atoms with Crippen LogP contribution in [0.3, 0.4) is 0 Å². The first-order valence-corrected chi connectivity index (χ1v) is 11.5. The summed E-state index contributed by atoms with van der Waals surface area (Å²) in [6.07, 6.45) is 1.81. The Labute approximate surface area is 196 Å². The highest BCUT2D eigenvalue weighted by Gasteiger charge is 2.19. The van der Waals surface area contributed by atoms with E-state index in [2.05, 4.69) is 11.1 Å². The van der Waals surface area contributed by atoms with Crippen LogP contribution in [0.5, 0.6) is 5.75 Å². The number of para-hydroxylation sites is 1. The number of rotatable bonds is 8. The van der Waals surface area contributed by atoms with Crippen LogP contribution >= 0.6 is 11.8 Å². The molecule has 0 saturated heterocycles. The number of methoxy groups -OCH3 is 1. The van der Waals surface area contributed by atoms with Gasteiger partial charge in [0.05, 0.1) is 29.5 Å². The molecular formula is C26H25N3O3S. The number of ketones is 1. The van der Waals surface area contributed by atoms with Crippen molar-refractivity contribution in [1.82, 2.24) is 14.1 Å². The lowest BCUT2D eigenvalue weighted by molar-refractivity contribution is 0.102. The van der Waals surface area contributed by atoms with Gasteiger partial charge in [-0.05, 0) is 44.2 Å². The number of fused-ring (bicyclic) bond motifs is 1. The second-order valence-electron chi connectivity index (χ2n) is 7.65. The van der Waals surface area contributed by atoms with Gasteiger partial charge >= 0.3 is 0 Å². The van der Waals surface area contributed by atoms with E-state index in [0.29, 0.717) is 39.6 Å². The van der Waals surface area contributed by atoms with Crippen molar-refractivity contribution in [1.29, 1.82) is 0 Å². The molecule has 6 nitrogen and oxygen atoms in total. The number of Topliss-reactive ketones (excluding diaryl/α,β-unsaturated/α-hetero) is 1. The first-order valence-electron chi connectivity index (χ1n) is 10.5. The predicted octanol–water partition coefficient (Wildman–Crippen LogP) is 4.97. The fraction of sp³-hybridized carbons (Fsp3) is 0.192. The van der Waals surface area contributed by atoms with Crippen LogP contribution in [0.1, 0.15) is 21.7 Å². The molecule has 2 aromatic carbocycles. The lowest BCUT2D eigenvalue weighted by Gasteiger charge is -2.14. The van der Waals surface area contributed by atoms with E-state index in [9.17, 15) is 9.59 Å². The van der Waals surface area contributed by atoms with Gasteiger partial charge < -0.3 is 9.30 Å². The first kappa shape index (κ1) is 22.6. The summed E-state index contributed by atoms with van der Waals surface area (Å²) in [6.45, 7) is 8.36. The van der Waals surface area contributed by atoms with Crippen LogP contribution in [0.15, 0.2) is 77.2 Å². The van der Waals surface area contributed by atoms with Gasteiger partial charge in [0.2, 0.25) is 0 Å². The molecule has 2 aromatic heterocycles. The molecule has 0 aliphatic carbocycles. The van der Waals surface area contributed by atoms with Crippen LogP contribution in [0.25, 0.3) is 16.6 Å². The predicted molar refractivity (Wildman–Crippen MR) is 133 cm³/mol. The molecule has 0 N–H and O–H groups in total. The Hall–Kier alpha value is -3.58. The molecule has 0 spiro atoms. The van der Waals surface area contributed by atoms with Crippen molar-refractivity contribution >= 4 is 28.4 Å². The zero-order chi connectivity index (χ0) is 23.5. The summed E-state index contributed by atoms with van der Waals surface area (Å²) in [6, 6.07) is 16.4. The molecule has 0 radical (unpaired) electrons. The van der Waals surface area contributed by atoms with Gasteiger partial charge in [0, 0.05) is 29.6 Å². The molecule has 0 unspecified atom stereocenters. The van der Waals surface area contributed by atoms with Crippen molar-refractivity contribution in [2.75, 3.05) is 12.9 Å². The van der Waals surface area contributed by atoms with Crippen LogP contribution in [-0.2, 0) is 6.54 Å². The molecule has 0 aliphatic heterocycles. The average Bonchev–Trinajstić information content (AvgIpc) is 3.11. The Bertz CT molecular complexity index is 1420. The van der Waals surface area contributed by atoms with Crippen molar-refractivity contribution in [3.8, 4) is 11.4 Å². The highest BCUT2D eigenvalue weighted by Crippen LogP contribution is 2.25. The third-order valence-electron chi connectivity index (χ3n) is 5.57. The number of carbonyl (C=O) groups excluding carboxylic acids is 1. The highest BCUT2D eigenvalue weighted by molar-refractivity contribution is 7.99. The zero-order valence-electron chi connectivity index (χ0n) is 18.9. The van der Waals surface area contributed by atoms with E-state index in [-0.39, 0.29) is 17.1 Å². The molecule has 0 fully saturated rings. The van der Waals surface area contributed by atoms with Crippen LogP contribution in [0.2, 0.25) is 0 Å². The molecule has 7 heteroatoms. The fourth-order valence-electron chi connectivity index (χ4n) is 3.89. The van der Waals surface area contributed by atoms with E-state index >= 15 is 0 Å². The minimum atomic E-state index is -0.187. The summed E-state index contributed by atoms with van der Waals surface area (Å²) >= 11 is 1.26. The van der Waals surface area contributed by atoms with E-state index in [4.69, 9.17) is 9.72 Å². The van der Waals surface area contributed by atoms with Crippen LogP contribution in [0.4, 0.5) is 0 Å². The van der Waals surface area contributed by atoms with Gasteiger partial charge in [0.25, 0.3) is 5.56 Å². The molecule has 33 heavy (non-hydrogen) atoms. The normalized spacial score (nSPS) is 11.0. The van der Waals surface area contributed by atoms with E-state index in [1.54, 1.807) is 29.9 Å². The van der Waals surface area contributed by atoms with E-state index in [0.717, 1.165) is 11.4 Å². The van der Waals surface area contributed by atoms with Crippen LogP contribution in [0, 0.1) is 13.8 Å². The van der Waals surface area contributed by atoms with Gasteiger partial charge in [-0.3, -0.25) is 14.2 Å². The lowest BCUT2D eigenvalue weighted by atomic mass is 10.2. The topological polar surface area (TPSA) is 66.1 Å². The minimum absolute atomic E-state index is 0.0111. The molecule has 0 bridgehead atoms. The van der Waals surface area contributed by atoms with Crippen molar-refractivity contribution in [2.24, 2.45) is 0 Å². The Morgan fingerprint density at radius 1 is 1.15 bits per heavy atom. The number of benzene rings is 2. The number of allylic oxidation sites excluding steroid dienone is 1. The molecule has 0 amide bonds. The highest BCUT2D eigenvalue weighted by atomic mass is 32.2. The van der Waals surface area contributed by atoms with Gasteiger partial charge in [0.15, 0.2) is 10.9 Å². The minimum Gasteiger partial charge on any atom is -0.497 e. The molecule has 0 saturated carbocycles. The van der Waals surface area contributed by atoms with Gasteiger partial charge in [-0.15, -0.1) is 6.58 Å². The van der Waals surface area contributed by atoms with Crippen molar-refractivity contribution in [3.05, 3.63) is 94.6 Å². The van der Waals surface area contributed by atoms with E-state index in [1.807, 2.05) is 56.3 Å². The lowest BCUT2D eigenvalue weighted by Crippen LogP contribution is -2.22. The third kappa shape index (κ3) is 4.36. The summed E-state index contributed by atoms with van der Waals surface area (Å²) in [5, 5.41) is 0.976. The van der Waals surface area contributed by atoms with E-state index < -0.39 is 0 Å². The average molecular weight is 460 g/mol. The number of ether oxygens (including phenoxy) is 1. The second-order valence-corrected chi connectivity index (χ2v) is 8.59. The van der Waals surface area contributed by atoms with Crippen LogP contribution < -0.4 is 10.3 Å². The molecule has 4 aromatic rings. The van der Waals surface area contributed by atoms with E-state index in [1.165, 1.54) is 11.8 Å². The van der Waals surface area contributed by atoms with Crippen molar-refractivity contribution < 1.29 is 9.53 Å². The first-order chi connectivity index (χ1) is 15.9. The Kier molecular flexibility index (Phi) is 6.51. The number of aryl methyl sites for hydroxylation is 1. The number of aromatic nitrogens is 3. The maximum atomic E-state index is 13.4. The zero-order valence-corrected chi connectivity index (χ0v) is 19.7. The Morgan fingerprint density at radius 3 is 2.70 bits per heavy atom. The monoisotopic (exact) mass is 459 g/mol. The maximum Gasteiger partial charge on any atom is 0.266 e. The summed E-state index contributed by atoms with van der Waals surface area (Å²) in [7, 11) is 1.58. The second kappa shape index (κ2) is 9.50.